The van der Waals surface area contributed by atoms with Gasteiger partial charge in [-0.05, 0) is 12.6 Å². The van der Waals surface area contributed by atoms with Crippen molar-refractivity contribution in [3.05, 3.63) is 22.2 Å². The molecule has 1 saturated heterocycles. The fourth-order valence-corrected chi connectivity index (χ4v) is 2.01. The summed E-state index contributed by atoms with van der Waals surface area (Å²) in [7, 11) is 0. The molecule has 5 heteroatoms. The molecule has 15 heavy (non-hydrogen) atoms. The summed E-state index contributed by atoms with van der Waals surface area (Å²) in [6, 6.07) is 3.15. The molecule has 1 aromatic rings. The van der Waals surface area contributed by atoms with Crippen LogP contribution in [0.1, 0.15) is 0 Å². The van der Waals surface area contributed by atoms with Crippen LogP contribution in [0.2, 0.25) is 10.0 Å². The number of rotatable bonds is 2. The highest BCUT2D eigenvalue weighted by Crippen LogP contribution is 2.38. The molecule has 0 atom stereocenters. The van der Waals surface area contributed by atoms with Crippen molar-refractivity contribution in [1.82, 2.24) is 0 Å². The lowest BCUT2D eigenvalue weighted by Gasteiger charge is -2.40. The summed E-state index contributed by atoms with van der Waals surface area (Å²) in [5.74, 6) is 0.679. The van der Waals surface area contributed by atoms with Gasteiger partial charge in [0.1, 0.15) is 5.75 Å². The Balaban J connectivity index is 2.19. The lowest BCUT2D eigenvalue weighted by molar-refractivity contribution is 0.408. The molecule has 1 fully saturated rings. The molecule has 0 radical (unpaired) electrons. The van der Waals surface area contributed by atoms with E-state index in [4.69, 9.17) is 28.9 Å². The molecule has 1 aliphatic heterocycles. The fourth-order valence-electron chi connectivity index (χ4n) is 1.69. The normalized spacial score (nSPS) is 16.6. The Morgan fingerprint density at radius 3 is 2.53 bits per heavy atom. The van der Waals surface area contributed by atoms with E-state index in [1.165, 1.54) is 6.07 Å². The smallest absolute Gasteiger partial charge is 0.140 e. The monoisotopic (exact) mass is 246 g/mol. The van der Waals surface area contributed by atoms with Crippen molar-refractivity contribution in [3.63, 3.8) is 0 Å². The topological polar surface area (TPSA) is 49.5 Å². The number of aromatic hydroxyl groups is 1. The van der Waals surface area contributed by atoms with Gasteiger partial charge in [-0.2, -0.15) is 0 Å². The fraction of sp³-hybridized carbons (Fsp3) is 0.400. The van der Waals surface area contributed by atoms with Crippen molar-refractivity contribution < 1.29 is 5.11 Å². The summed E-state index contributed by atoms with van der Waals surface area (Å²) in [5.41, 5.74) is 6.26. The summed E-state index contributed by atoms with van der Waals surface area (Å²) in [6.45, 7) is 2.41. The number of benzene rings is 1. The van der Waals surface area contributed by atoms with Crippen LogP contribution >= 0.6 is 23.2 Å². The van der Waals surface area contributed by atoms with Gasteiger partial charge < -0.3 is 15.7 Å². The van der Waals surface area contributed by atoms with Crippen LogP contribution in [0.4, 0.5) is 5.69 Å². The minimum Gasteiger partial charge on any atom is -0.506 e. The molecule has 0 aromatic heterocycles. The van der Waals surface area contributed by atoms with Gasteiger partial charge in [0.15, 0.2) is 0 Å². The average molecular weight is 247 g/mol. The zero-order valence-corrected chi connectivity index (χ0v) is 9.59. The highest BCUT2D eigenvalue weighted by molar-refractivity contribution is 6.42. The standard InChI is InChI=1S/C10H12Cl2N2O/c11-7-1-9(10(15)2-8(7)12)14-4-6(3-13)5-14/h1-2,6,15H,3-5,13H2. The number of phenolic OH excluding ortho intramolecular Hbond substituents is 1. The first-order valence-electron chi connectivity index (χ1n) is 4.75. The van der Waals surface area contributed by atoms with Crippen molar-refractivity contribution in [2.75, 3.05) is 24.5 Å². The van der Waals surface area contributed by atoms with Gasteiger partial charge in [0.25, 0.3) is 0 Å². The van der Waals surface area contributed by atoms with Crippen LogP contribution in [0, 0.1) is 5.92 Å². The first kappa shape index (κ1) is 10.9. The van der Waals surface area contributed by atoms with E-state index in [1.807, 2.05) is 4.90 Å². The number of anilines is 1. The minimum absolute atomic E-state index is 0.167. The molecule has 1 heterocycles. The van der Waals surface area contributed by atoms with Gasteiger partial charge in [0.05, 0.1) is 15.7 Å². The quantitative estimate of drug-likeness (QED) is 0.841. The summed E-state index contributed by atoms with van der Waals surface area (Å²) < 4.78 is 0. The SMILES string of the molecule is NCC1CN(c2cc(Cl)c(Cl)cc2O)C1. The maximum absolute atomic E-state index is 9.69. The van der Waals surface area contributed by atoms with Gasteiger partial charge in [-0.3, -0.25) is 0 Å². The van der Waals surface area contributed by atoms with Crippen LogP contribution in [-0.4, -0.2) is 24.7 Å². The van der Waals surface area contributed by atoms with Crippen molar-refractivity contribution >= 4 is 28.9 Å². The van der Waals surface area contributed by atoms with Gasteiger partial charge in [-0.25, -0.2) is 0 Å². The molecule has 82 valence electrons. The van der Waals surface area contributed by atoms with Crippen LogP contribution in [0.25, 0.3) is 0 Å². The Hall–Kier alpha value is -0.640. The summed E-state index contributed by atoms with van der Waals surface area (Å²) in [5, 5.41) is 10.5. The van der Waals surface area contributed by atoms with E-state index in [-0.39, 0.29) is 5.75 Å². The molecule has 1 aliphatic rings. The minimum atomic E-state index is 0.167. The van der Waals surface area contributed by atoms with Crippen LogP contribution in [0.3, 0.4) is 0 Å². The van der Waals surface area contributed by atoms with Crippen molar-refractivity contribution in [2.24, 2.45) is 11.7 Å². The Labute approximate surface area is 98.4 Å². The Bertz CT molecular complexity index is 378. The zero-order valence-electron chi connectivity index (χ0n) is 8.08. The second-order valence-corrected chi connectivity index (χ2v) is 4.58. The first-order valence-corrected chi connectivity index (χ1v) is 5.50. The predicted molar refractivity (Wildman–Crippen MR) is 62.9 cm³/mol. The second kappa shape index (κ2) is 4.08. The number of hydrogen-bond donors (Lipinski definition) is 2. The largest absolute Gasteiger partial charge is 0.506 e. The van der Waals surface area contributed by atoms with E-state index in [1.54, 1.807) is 6.07 Å². The number of halogens is 2. The number of nitrogens with zero attached hydrogens (tertiary/aromatic N) is 1. The van der Waals surface area contributed by atoms with E-state index in [0.29, 0.717) is 22.5 Å². The van der Waals surface area contributed by atoms with Gasteiger partial charge >= 0.3 is 0 Å². The molecule has 0 unspecified atom stereocenters. The third-order valence-electron chi connectivity index (χ3n) is 2.65. The van der Waals surface area contributed by atoms with E-state index in [2.05, 4.69) is 0 Å². The molecule has 1 aromatic carbocycles. The summed E-state index contributed by atoms with van der Waals surface area (Å²) in [6.07, 6.45) is 0. The van der Waals surface area contributed by atoms with Gasteiger partial charge in [-0.15, -0.1) is 0 Å². The average Bonchev–Trinajstić information content (AvgIpc) is 2.12. The maximum atomic E-state index is 9.69. The number of hydrogen-bond acceptors (Lipinski definition) is 3. The molecular weight excluding hydrogens is 235 g/mol. The summed E-state index contributed by atoms with van der Waals surface area (Å²) >= 11 is 11.7. The number of nitrogens with two attached hydrogens (primary N) is 1. The van der Waals surface area contributed by atoms with E-state index < -0.39 is 0 Å². The van der Waals surface area contributed by atoms with Crippen LogP contribution < -0.4 is 10.6 Å². The Morgan fingerprint density at radius 1 is 1.33 bits per heavy atom. The molecule has 2 rings (SSSR count). The third-order valence-corrected chi connectivity index (χ3v) is 3.37. The van der Waals surface area contributed by atoms with Crippen molar-refractivity contribution in [1.29, 1.82) is 0 Å². The highest BCUT2D eigenvalue weighted by Gasteiger charge is 2.27. The van der Waals surface area contributed by atoms with Crippen LogP contribution in [0.15, 0.2) is 12.1 Å². The van der Waals surface area contributed by atoms with E-state index >= 15 is 0 Å². The lowest BCUT2D eigenvalue weighted by Crippen LogP contribution is -2.49. The molecule has 0 bridgehead atoms. The van der Waals surface area contributed by atoms with E-state index in [9.17, 15) is 5.11 Å². The molecule has 0 spiro atoms. The second-order valence-electron chi connectivity index (χ2n) is 3.76. The first-order chi connectivity index (χ1) is 7.11. The molecule has 0 saturated carbocycles. The zero-order chi connectivity index (χ0) is 11.0. The lowest BCUT2D eigenvalue weighted by atomic mass is 9.99. The third kappa shape index (κ3) is 2.00. The predicted octanol–water partition coefficient (Wildman–Crippen LogP) is 2.09. The van der Waals surface area contributed by atoms with E-state index in [0.717, 1.165) is 18.8 Å². The van der Waals surface area contributed by atoms with Gasteiger partial charge in [0.2, 0.25) is 0 Å². The molecular formula is C10H12Cl2N2O. The molecule has 0 aliphatic carbocycles. The number of phenols is 1. The highest BCUT2D eigenvalue weighted by atomic mass is 35.5. The Kier molecular flexibility index (Phi) is 2.96. The Morgan fingerprint density at radius 2 is 1.93 bits per heavy atom. The van der Waals surface area contributed by atoms with Crippen LogP contribution in [0.5, 0.6) is 5.75 Å². The van der Waals surface area contributed by atoms with Gasteiger partial charge in [-0.1, -0.05) is 23.2 Å². The van der Waals surface area contributed by atoms with Crippen molar-refractivity contribution in [2.45, 2.75) is 0 Å². The summed E-state index contributed by atoms with van der Waals surface area (Å²) in [4.78, 5) is 2.04. The molecule has 3 N–H and O–H groups in total. The molecule has 3 nitrogen and oxygen atoms in total. The maximum Gasteiger partial charge on any atom is 0.140 e. The van der Waals surface area contributed by atoms with Gasteiger partial charge in [0, 0.05) is 25.1 Å². The van der Waals surface area contributed by atoms with Crippen molar-refractivity contribution in [3.8, 4) is 5.75 Å². The van der Waals surface area contributed by atoms with Crippen LogP contribution in [-0.2, 0) is 0 Å². The molecule has 0 amide bonds.